The van der Waals surface area contributed by atoms with Crippen LogP contribution in [0.5, 0.6) is 17.2 Å². The zero-order valence-electron chi connectivity index (χ0n) is 21.6. The number of hydrogen-bond donors (Lipinski definition) is 1. The molecule has 0 fully saturated rings. The lowest BCUT2D eigenvalue weighted by Gasteiger charge is -2.31. The molecule has 0 bridgehead atoms. The van der Waals surface area contributed by atoms with E-state index in [4.69, 9.17) is 14.2 Å². The average Bonchev–Trinajstić information content (AvgIpc) is 2.94. The maximum absolute atomic E-state index is 13.8. The van der Waals surface area contributed by atoms with Crippen molar-refractivity contribution in [1.29, 1.82) is 0 Å². The minimum atomic E-state index is -0.725. The molecule has 1 N–H and O–H groups in total. The van der Waals surface area contributed by atoms with E-state index in [1.54, 1.807) is 44.4 Å². The van der Waals surface area contributed by atoms with E-state index in [0.717, 1.165) is 22.4 Å². The highest BCUT2D eigenvalue weighted by Crippen LogP contribution is 2.28. The van der Waals surface area contributed by atoms with Crippen molar-refractivity contribution in [2.45, 2.75) is 25.4 Å². The van der Waals surface area contributed by atoms with Gasteiger partial charge in [-0.05, 0) is 41.0 Å². The van der Waals surface area contributed by atoms with Crippen LogP contribution in [-0.4, -0.2) is 50.6 Å². The topological polar surface area (TPSA) is 77.1 Å². The Balaban J connectivity index is 1.97. The van der Waals surface area contributed by atoms with E-state index in [2.05, 4.69) is 11.9 Å². The summed E-state index contributed by atoms with van der Waals surface area (Å²) in [6, 6.07) is 21.8. The number of carbonyl (C=O) groups excluding carboxylic acids is 2. The smallest absolute Gasteiger partial charge is 0.243 e. The minimum Gasteiger partial charge on any atom is -0.497 e. The molecule has 0 radical (unpaired) electrons. The lowest BCUT2D eigenvalue weighted by molar-refractivity contribution is -0.140. The van der Waals surface area contributed by atoms with E-state index in [-0.39, 0.29) is 24.8 Å². The molecule has 0 aliphatic heterocycles. The van der Waals surface area contributed by atoms with Gasteiger partial charge in [-0.15, -0.1) is 6.58 Å². The standard InChI is InChI=1S/C30H34N2O5/c1-5-17-31-30(34)26(18-22-9-7-6-8-10-22)32(21-23-11-14-25(35-2)15-12-23)29(33)20-24-13-16-27(36-3)28(19-24)37-4/h5-16,19,26H,1,17-18,20-21H2,2-4H3,(H,31,34). The molecule has 2 amide bonds. The van der Waals surface area contributed by atoms with Gasteiger partial charge in [-0.2, -0.15) is 0 Å². The SMILES string of the molecule is C=CCNC(=O)C(Cc1ccccc1)N(Cc1ccc(OC)cc1)C(=O)Cc1ccc(OC)c(OC)c1. The van der Waals surface area contributed by atoms with Gasteiger partial charge >= 0.3 is 0 Å². The van der Waals surface area contributed by atoms with Crippen LogP contribution in [0, 0.1) is 0 Å². The van der Waals surface area contributed by atoms with Crippen molar-refractivity contribution >= 4 is 11.8 Å². The van der Waals surface area contributed by atoms with Gasteiger partial charge in [0.1, 0.15) is 11.8 Å². The quantitative estimate of drug-likeness (QED) is 0.355. The molecule has 3 aromatic carbocycles. The number of benzene rings is 3. The highest BCUT2D eigenvalue weighted by atomic mass is 16.5. The Morgan fingerprint density at radius 3 is 2.16 bits per heavy atom. The predicted molar refractivity (Wildman–Crippen MR) is 144 cm³/mol. The highest BCUT2D eigenvalue weighted by Gasteiger charge is 2.30. The van der Waals surface area contributed by atoms with E-state index in [1.165, 1.54) is 0 Å². The lowest BCUT2D eigenvalue weighted by Crippen LogP contribution is -2.51. The molecule has 0 aromatic heterocycles. The minimum absolute atomic E-state index is 0.0938. The Kier molecular flexibility index (Phi) is 10.1. The molecular formula is C30H34N2O5. The van der Waals surface area contributed by atoms with E-state index in [9.17, 15) is 9.59 Å². The molecule has 7 nitrogen and oxygen atoms in total. The van der Waals surface area contributed by atoms with Gasteiger partial charge in [-0.1, -0.05) is 54.6 Å². The second-order valence-corrected chi connectivity index (χ2v) is 8.48. The predicted octanol–water partition coefficient (Wildman–Crippen LogP) is 4.20. The molecule has 0 saturated heterocycles. The number of carbonyl (C=O) groups is 2. The lowest BCUT2D eigenvalue weighted by atomic mass is 10.0. The van der Waals surface area contributed by atoms with Crippen molar-refractivity contribution in [3.05, 3.63) is 102 Å². The third-order valence-electron chi connectivity index (χ3n) is 6.01. The third kappa shape index (κ3) is 7.61. The van der Waals surface area contributed by atoms with Gasteiger partial charge in [0.05, 0.1) is 27.8 Å². The van der Waals surface area contributed by atoms with Crippen LogP contribution in [-0.2, 0) is 29.0 Å². The van der Waals surface area contributed by atoms with Gasteiger partial charge in [-0.25, -0.2) is 0 Å². The summed E-state index contributed by atoms with van der Waals surface area (Å²) < 4.78 is 16.0. The van der Waals surface area contributed by atoms with Gasteiger partial charge in [0.25, 0.3) is 0 Å². The summed E-state index contributed by atoms with van der Waals surface area (Å²) in [7, 11) is 4.72. The normalized spacial score (nSPS) is 11.2. The number of methoxy groups -OCH3 is 3. The summed E-state index contributed by atoms with van der Waals surface area (Å²) in [6.45, 7) is 4.27. The van der Waals surface area contributed by atoms with Gasteiger partial charge in [-0.3, -0.25) is 9.59 Å². The molecule has 0 saturated carbocycles. The zero-order chi connectivity index (χ0) is 26.6. The first kappa shape index (κ1) is 27.3. The first-order chi connectivity index (χ1) is 18.0. The number of hydrogen-bond acceptors (Lipinski definition) is 5. The van der Waals surface area contributed by atoms with Crippen LogP contribution < -0.4 is 19.5 Å². The fourth-order valence-corrected chi connectivity index (χ4v) is 4.04. The zero-order valence-corrected chi connectivity index (χ0v) is 21.6. The van der Waals surface area contributed by atoms with Crippen molar-refractivity contribution in [2.75, 3.05) is 27.9 Å². The molecule has 3 aromatic rings. The van der Waals surface area contributed by atoms with Crippen LogP contribution in [0.3, 0.4) is 0 Å². The maximum Gasteiger partial charge on any atom is 0.243 e. The first-order valence-electron chi connectivity index (χ1n) is 12.0. The van der Waals surface area contributed by atoms with Crippen molar-refractivity contribution in [1.82, 2.24) is 10.2 Å². The monoisotopic (exact) mass is 502 g/mol. The van der Waals surface area contributed by atoms with Gasteiger partial charge in [0.2, 0.25) is 11.8 Å². The van der Waals surface area contributed by atoms with Gasteiger partial charge in [0.15, 0.2) is 11.5 Å². The molecule has 1 unspecified atom stereocenters. The molecule has 194 valence electrons. The third-order valence-corrected chi connectivity index (χ3v) is 6.01. The van der Waals surface area contributed by atoms with Crippen LogP contribution in [0.1, 0.15) is 16.7 Å². The number of amides is 2. The summed E-state index contributed by atoms with van der Waals surface area (Å²) in [4.78, 5) is 28.8. The molecule has 0 spiro atoms. The van der Waals surface area contributed by atoms with Crippen LogP contribution in [0.2, 0.25) is 0 Å². The fourth-order valence-electron chi connectivity index (χ4n) is 4.04. The van der Waals surface area contributed by atoms with E-state index >= 15 is 0 Å². The van der Waals surface area contributed by atoms with Crippen molar-refractivity contribution in [3.8, 4) is 17.2 Å². The molecular weight excluding hydrogens is 468 g/mol. The Hall–Kier alpha value is -4.26. The van der Waals surface area contributed by atoms with E-state index in [1.807, 2.05) is 60.7 Å². The number of nitrogens with zero attached hydrogens (tertiary/aromatic N) is 1. The second-order valence-electron chi connectivity index (χ2n) is 8.48. The summed E-state index contributed by atoms with van der Waals surface area (Å²) in [6.07, 6.45) is 2.09. The first-order valence-corrected chi connectivity index (χ1v) is 12.0. The van der Waals surface area contributed by atoms with E-state index < -0.39 is 6.04 Å². The van der Waals surface area contributed by atoms with Crippen LogP contribution in [0.15, 0.2) is 85.5 Å². The molecule has 1 atom stereocenters. The maximum atomic E-state index is 13.8. The fraction of sp³-hybridized carbons (Fsp3) is 0.267. The highest BCUT2D eigenvalue weighted by molar-refractivity contribution is 5.89. The van der Waals surface area contributed by atoms with Crippen molar-refractivity contribution < 1.29 is 23.8 Å². The van der Waals surface area contributed by atoms with Crippen molar-refractivity contribution in [2.24, 2.45) is 0 Å². The van der Waals surface area contributed by atoms with Gasteiger partial charge in [0, 0.05) is 19.5 Å². The van der Waals surface area contributed by atoms with Crippen LogP contribution >= 0.6 is 0 Å². The number of nitrogens with one attached hydrogen (secondary N) is 1. The summed E-state index contributed by atoms with van der Waals surface area (Å²) in [5.41, 5.74) is 2.60. The number of rotatable bonds is 13. The molecule has 0 aliphatic carbocycles. The van der Waals surface area contributed by atoms with Crippen LogP contribution in [0.25, 0.3) is 0 Å². The average molecular weight is 503 g/mol. The Morgan fingerprint density at radius 1 is 0.865 bits per heavy atom. The summed E-state index contributed by atoms with van der Waals surface area (Å²) in [5, 5.41) is 2.88. The Bertz CT molecular complexity index is 1180. The Labute approximate surface area is 218 Å². The number of ether oxygens (including phenoxy) is 3. The molecule has 0 aliphatic rings. The molecule has 0 heterocycles. The second kappa shape index (κ2) is 13.7. The summed E-state index contributed by atoms with van der Waals surface area (Å²) in [5.74, 6) is 1.42. The van der Waals surface area contributed by atoms with Crippen molar-refractivity contribution in [3.63, 3.8) is 0 Å². The largest absolute Gasteiger partial charge is 0.497 e. The van der Waals surface area contributed by atoms with Crippen LogP contribution in [0.4, 0.5) is 0 Å². The Morgan fingerprint density at radius 2 is 1.54 bits per heavy atom. The van der Waals surface area contributed by atoms with Gasteiger partial charge < -0.3 is 24.4 Å². The van der Waals surface area contributed by atoms with E-state index in [0.29, 0.717) is 24.5 Å². The molecule has 3 rings (SSSR count). The molecule has 37 heavy (non-hydrogen) atoms. The molecule has 7 heteroatoms. The summed E-state index contributed by atoms with van der Waals surface area (Å²) >= 11 is 0.